The van der Waals surface area contributed by atoms with Crippen molar-refractivity contribution in [1.29, 1.82) is 0 Å². The first-order chi connectivity index (χ1) is 14.5. The van der Waals surface area contributed by atoms with Crippen LogP contribution in [0.5, 0.6) is 5.75 Å². The van der Waals surface area contributed by atoms with Crippen molar-refractivity contribution in [2.75, 3.05) is 6.61 Å². The van der Waals surface area contributed by atoms with Gasteiger partial charge in [-0.15, -0.1) is 0 Å². The van der Waals surface area contributed by atoms with Crippen LogP contribution in [0.2, 0.25) is 0 Å². The lowest BCUT2D eigenvalue weighted by Gasteiger charge is -2.28. The molecule has 0 spiro atoms. The van der Waals surface area contributed by atoms with Crippen molar-refractivity contribution in [3.8, 4) is 16.9 Å². The second-order valence-electron chi connectivity index (χ2n) is 7.87. The molecule has 4 nitrogen and oxygen atoms in total. The average molecular weight is 405 g/mol. The summed E-state index contributed by atoms with van der Waals surface area (Å²) in [5.74, 6) is 0.755. The molecule has 0 bridgehead atoms. The van der Waals surface area contributed by atoms with Gasteiger partial charge in [-0.3, -0.25) is 0 Å². The fourth-order valence-electron chi connectivity index (χ4n) is 3.78. The van der Waals surface area contributed by atoms with Crippen LogP contribution in [0.1, 0.15) is 44.1 Å². The van der Waals surface area contributed by atoms with E-state index in [-0.39, 0.29) is 5.97 Å². The van der Waals surface area contributed by atoms with Gasteiger partial charge >= 0.3 is 11.9 Å². The van der Waals surface area contributed by atoms with Gasteiger partial charge in [0.25, 0.3) is 0 Å². The zero-order valence-electron chi connectivity index (χ0n) is 17.4. The normalized spacial score (nSPS) is 18.3. The van der Waals surface area contributed by atoms with E-state index in [0.29, 0.717) is 29.8 Å². The minimum absolute atomic E-state index is 0.338. The van der Waals surface area contributed by atoms with Crippen LogP contribution in [0, 0.1) is 5.92 Å². The zero-order chi connectivity index (χ0) is 21.5. The summed E-state index contributed by atoms with van der Waals surface area (Å²) < 4.78 is 10.4. The Morgan fingerprint density at radius 1 is 0.967 bits per heavy atom. The average Bonchev–Trinajstić information content (AvgIpc) is 2.78. The number of ether oxygens (including phenoxy) is 2. The van der Waals surface area contributed by atoms with E-state index in [9.17, 15) is 9.59 Å². The van der Waals surface area contributed by atoms with Gasteiger partial charge in [0, 0.05) is 11.6 Å². The summed E-state index contributed by atoms with van der Waals surface area (Å²) in [5.41, 5.74) is 3.93. The number of esters is 2. The summed E-state index contributed by atoms with van der Waals surface area (Å²) in [4.78, 5) is 22.8. The summed E-state index contributed by atoms with van der Waals surface area (Å²) in [6, 6.07) is 16.2. The molecule has 0 heterocycles. The second kappa shape index (κ2) is 10.1. The summed E-state index contributed by atoms with van der Waals surface area (Å²) in [5, 5.41) is 0. The molecule has 1 aliphatic carbocycles. The molecule has 4 heteroatoms. The molecule has 2 aromatic rings. The molecule has 0 radical (unpaired) electrons. The molecule has 0 amide bonds. The van der Waals surface area contributed by atoms with Gasteiger partial charge in [-0.25, -0.2) is 9.59 Å². The Kier molecular flexibility index (Phi) is 7.23. The summed E-state index contributed by atoms with van der Waals surface area (Å²) >= 11 is 0. The lowest BCUT2D eigenvalue weighted by Crippen LogP contribution is -2.19. The molecule has 1 saturated carbocycles. The van der Waals surface area contributed by atoms with Crippen LogP contribution in [0.3, 0.4) is 0 Å². The number of carbonyl (C=O) groups is 2. The Morgan fingerprint density at radius 3 is 2.07 bits per heavy atom. The van der Waals surface area contributed by atoms with Gasteiger partial charge in [-0.1, -0.05) is 49.6 Å². The van der Waals surface area contributed by atoms with E-state index in [1.165, 1.54) is 11.6 Å². The highest BCUT2D eigenvalue weighted by atomic mass is 16.5. The highest BCUT2D eigenvalue weighted by molar-refractivity contribution is 5.88. The molecule has 0 atom stereocenters. The largest absolute Gasteiger partial charge is 0.462 e. The van der Waals surface area contributed by atoms with Gasteiger partial charge in [0.15, 0.2) is 0 Å². The van der Waals surface area contributed by atoms with Crippen molar-refractivity contribution in [1.82, 2.24) is 0 Å². The standard InChI is InChI=1S/C26H28O4/c1-4-25(27)29-17-19-5-7-20(8-6-19)21-9-11-22(12-10-21)23-13-15-24(16-14-23)30-26(28)18(2)3/h4,9-16,19-20H,1-2,5-8,17H2,3H3. The van der Waals surface area contributed by atoms with Gasteiger partial charge in [0.2, 0.25) is 0 Å². The third-order valence-electron chi connectivity index (χ3n) is 5.60. The van der Waals surface area contributed by atoms with Gasteiger partial charge in [-0.2, -0.15) is 0 Å². The molecular weight excluding hydrogens is 376 g/mol. The first-order valence-corrected chi connectivity index (χ1v) is 10.3. The molecule has 0 aromatic heterocycles. The van der Waals surface area contributed by atoms with Gasteiger partial charge in [0.1, 0.15) is 5.75 Å². The van der Waals surface area contributed by atoms with Crippen LogP contribution < -0.4 is 4.74 Å². The lowest BCUT2D eigenvalue weighted by atomic mass is 9.79. The van der Waals surface area contributed by atoms with Gasteiger partial charge in [0.05, 0.1) is 6.61 Å². The van der Waals surface area contributed by atoms with Crippen LogP contribution in [-0.4, -0.2) is 18.5 Å². The fourth-order valence-corrected chi connectivity index (χ4v) is 3.78. The lowest BCUT2D eigenvalue weighted by molar-refractivity contribution is -0.139. The van der Waals surface area contributed by atoms with Crippen molar-refractivity contribution >= 4 is 11.9 Å². The van der Waals surface area contributed by atoms with E-state index in [4.69, 9.17) is 9.47 Å². The number of hydrogen-bond acceptors (Lipinski definition) is 4. The first-order valence-electron chi connectivity index (χ1n) is 10.3. The zero-order valence-corrected chi connectivity index (χ0v) is 17.4. The highest BCUT2D eigenvalue weighted by Gasteiger charge is 2.23. The van der Waals surface area contributed by atoms with Crippen LogP contribution in [0.4, 0.5) is 0 Å². The molecule has 156 valence electrons. The second-order valence-corrected chi connectivity index (χ2v) is 7.87. The number of carbonyl (C=O) groups excluding carboxylic acids is 2. The Morgan fingerprint density at radius 2 is 1.53 bits per heavy atom. The summed E-state index contributed by atoms with van der Waals surface area (Å²) in [6.45, 7) is 9.14. The number of benzene rings is 2. The van der Waals surface area contributed by atoms with Crippen molar-refractivity contribution in [3.05, 3.63) is 78.9 Å². The summed E-state index contributed by atoms with van der Waals surface area (Å²) in [6.07, 6.45) is 5.58. The molecule has 3 rings (SSSR count). The molecule has 0 N–H and O–H groups in total. The number of rotatable bonds is 7. The monoisotopic (exact) mass is 404 g/mol. The molecular formula is C26H28O4. The molecule has 0 saturated heterocycles. The van der Waals surface area contributed by atoms with E-state index in [0.717, 1.165) is 36.8 Å². The molecule has 1 aliphatic rings. The maximum Gasteiger partial charge on any atom is 0.338 e. The fraction of sp³-hybridized carbons (Fsp3) is 0.308. The maximum absolute atomic E-state index is 11.6. The maximum atomic E-state index is 11.6. The smallest absolute Gasteiger partial charge is 0.338 e. The predicted octanol–water partition coefficient (Wildman–Crippen LogP) is 5.84. The van der Waals surface area contributed by atoms with E-state index in [1.807, 2.05) is 12.1 Å². The van der Waals surface area contributed by atoms with Crippen LogP contribution in [0.15, 0.2) is 73.3 Å². The van der Waals surface area contributed by atoms with Gasteiger partial charge in [-0.05, 0) is 73.3 Å². The van der Waals surface area contributed by atoms with E-state index < -0.39 is 5.97 Å². The van der Waals surface area contributed by atoms with Gasteiger partial charge < -0.3 is 9.47 Å². The minimum atomic E-state index is -0.416. The topological polar surface area (TPSA) is 52.6 Å². The van der Waals surface area contributed by atoms with Crippen molar-refractivity contribution in [2.24, 2.45) is 5.92 Å². The van der Waals surface area contributed by atoms with E-state index in [1.54, 1.807) is 19.1 Å². The Balaban J connectivity index is 1.55. The molecule has 0 aliphatic heterocycles. The molecule has 1 fully saturated rings. The first kappa shape index (κ1) is 21.6. The van der Waals surface area contributed by atoms with E-state index in [2.05, 4.69) is 37.4 Å². The summed E-state index contributed by atoms with van der Waals surface area (Å²) in [7, 11) is 0. The number of hydrogen-bond donors (Lipinski definition) is 0. The van der Waals surface area contributed by atoms with Crippen LogP contribution >= 0.6 is 0 Å². The third-order valence-corrected chi connectivity index (χ3v) is 5.60. The Hall–Kier alpha value is -3.14. The Labute approximate surface area is 178 Å². The molecule has 30 heavy (non-hydrogen) atoms. The van der Waals surface area contributed by atoms with Crippen molar-refractivity contribution < 1.29 is 19.1 Å². The van der Waals surface area contributed by atoms with Crippen molar-refractivity contribution in [3.63, 3.8) is 0 Å². The Bertz CT molecular complexity index is 901. The quantitative estimate of drug-likeness (QED) is 0.331. The van der Waals surface area contributed by atoms with Crippen LogP contribution in [0.25, 0.3) is 11.1 Å². The van der Waals surface area contributed by atoms with Crippen LogP contribution in [-0.2, 0) is 14.3 Å². The van der Waals surface area contributed by atoms with Crippen molar-refractivity contribution in [2.45, 2.75) is 38.5 Å². The highest BCUT2D eigenvalue weighted by Crippen LogP contribution is 2.36. The van der Waals surface area contributed by atoms with E-state index >= 15 is 0 Å². The molecule has 0 unspecified atom stereocenters. The SMILES string of the molecule is C=CC(=O)OCC1CCC(c2ccc(-c3ccc(OC(=O)C(=C)C)cc3)cc2)CC1. The molecule has 2 aromatic carbocycles. The minimum Gasteiger partial charge on any atom is -0.462 e. The predicted molar refractivity (Wildman–Crippen MR) is 118 cm³/mol. The third kappa shape index (κ3) is 5.69.